The lowest BCUT2D eigenvalue weighted by molar-refractivity contribution is -0.133. The molecule has 6 nitrogen and oxygen atoms in total. The number of nitrogens with zero attached hydrogens (tertiary/aromatic N) is 1. The summed E-state index contributed by atoms with van der Waals surface area (Å²) in [7, 11) is 1.94. The molecule has 3 amide bonds. The summed E-state index contributed by atoms with van der Waals surface area (Å²) in [5.74, 6) is -0.0298. The standard InChI is InChI=1S/C16H24N4O2/c1-12(15(21)20-10-8-13(17-2)9-11-20)18-16(22)19-14-6-4-3-5-7-14/h3-7,12-13,17H,8-11H2,1-2H3,(H2,18,19,22). The first-order valence-corrected chi connectivity index (χ1v) is 7.68. The van der Waals surface area contributed by atoms with Gasteiger partial charge in [0, 0.05) is 24.8 Å². The van der Waals surface area contributed by atoms with Crippen molar-refractivity contribution < 1.29 is 9.59 Å². The Bertz CT molecular complexity index is 498. The van der Waals surface area contributed by atoms with E-state index < -0.39 is 6.04 Å². The molecule has 0 spiro atoms. The van der Waals surface area contributed by atoms with Gasteiger partial charge in [-0.1, -0.05) is 18.2 Å². The number of carbonyl (C=O) groups excluding carboxylic acids is 2. The smallest absolute Gasteiger partial charge is 0.319 e. The molecule has 1 saturated heterocycles. The zero-order chi connectivity index (χ0) is 15.9. The van der Waals surface area contributed by atoms with Crippen LogP contribution in [-0.2, 0) is 4.79 Å². The van der Waals surface area contributed by atoms with E-state index in [0.717, 1.165) is 25.9 Å². The highest BCUT2D eigenvalue weighted by atomic mass is 16.2. The lowest BCUT2D eigenvalue weighted by atomic mass is 10.0. The van der Waals surface area contributed by atoms with Gasteiger partial charge in [0.2, 0.25) is 5.91 Å². The Balaban J connectivity index is 1.80. The minimum absolute atomic E-state index is 0.0298. The van der Waals surface area contributed by atoms with Gasteiger partial charge < -0.3 is 20.9 Å². The largest absolute Gasteiger partial charge is 0.341 e. The highest BCUT2D eigenvalue weighted by molar-refractivity contribution is 5.93. The monoisotopic (exact) mass is 304 g/mol. The number of hydrogen-bond donors (Lipinski definition) is 3. The van der Waals surface area contributed by atoms with E-state index in [2.05, 4.69) is 16.0 Å². The fraction of sp³-hybridized carbons (Fsp3) is 0.500. The average molecular weight is 304 g/mol. The molecule has 0 aliphatic carbocycles. The Hall–Kier alpha value is -2.08. The first-order chi connectivity index (χ1) is 10.6. The quantitative estimate of drug-likeness (QED) is 0.787. The summed E-state index contributed by atoms with van der Waals surface area (Å²) in [5, 5.41) is 8.64. The molecule has 0 aromatic heterocycles. The van der Waals surface area contributed by atoms with Crippen LogP contribution in [0.25, 0.3) is 0 Å². The van der Waals surface area contributed by atoms with Crippen LogP contribution in [0.1, 0.15) is 19.8 Å². The predicted octanol–water partition coefficient (Wildman–Crippen LogP) is 1.41. The molecular weight excluding hydrogens is 280 g/mol. The van der Waals surface area contributed by atoms with Crippen LogP contribution in [0, 0.1) is 0 Å². The number of urea groups is 1. The number of rotatable bonds is 4. The molecule has 0 saturated carbocycles. The molecule has 1 aromatic carbocycles. The number of benzene rings is 1. The number of amides is 3. The van der Waals surface area contributed by atoms with Crippen molar-refractivity contribution in [2.45, 2.75) is 31.8 Å². The van der Waals surface area contributed by atoms with Crippen molar-refractivity contribution in [1.29, 1.82) is 0 Å². The lowest BCUT2D eigenvalue weighted by Crippen LogP contribution is -2.51. The molecule has 1 heterocycles. The van der Waals surface area contributed by atoms with Gasteiger partial charge >= 0.3 is 6.03 Å². The highest BCUT2D eigenvalue weighted by Gasteiger charge is 2.26. The third-order valence-electron chi connectivity index (χ3n) is 3.96. The summed E-state index contributed by atoms with van der Waals surface area (Å²) in [6.07, 6.45) is 1.90. The van der Waals surface area contributed by atoms with E-state index in [4.69, 9.17) is 0 Å². The van der Waals surface area contributed by atoms with Crippen LogP contribution in [0.15, 0.2) is 30.3 Å². The van der Waals surface area contributed by atoms with Crippen LogP contribution in [0.3, 0.4) is 0 Å². The van der Waals surface area contributed by atoms with Gasteiger partial charge in [0.15, 0.2) is 0 Å². The summed E-state index contributed by atoms with van der Waals surface area (Å²) in [6, 6.07) is 8.75. The maximum atomic E-state index is 12.3. The average Bonchev–Trinajstić information content (AvgIpc) is 2.55. The van der Waals surface area contributed by atoms with Gasteiger partial charge in [-0.05, 0) is 38.9 Å². The fourth-order valence-electron chi connectivity index (χ4n) is 2.61. The van der Waals surface area contributed by atoms with E-state index in [1.807, 2.05) is 30.1 Å². The van der Waals surface area contributed by atoms with Crippen molar-refractivity contribution in [3.8, 4) is 0 Å². The predicted molar refractivity (Wildman–Crippen MR) is 86.7 cm³/mol. The second kappa shape index (κ2) is 7.79. The Kier molecular flexibility index (Phi) is 5.77. The van der Waals surface area contributed by atoms with E-state index in [9.17, 15) is 9.59 Å². The molecule has 1 fully saturated rings. The Morgan fingerprint density at radius 3 is 2.41 bits per heavy atom. The van der Waals surface area contributed by atoms with Crippen LogP contribution in [0.2, 0.25) is 0 Å². The summed E-state index contributed by atoms with van der Waals surface area (Å²) < 4.78 is 0. The molecule has 2 rings (SSSR count). The van der Waals surface area contributed by atoms with Crippen molar-refractivity contribution in [3.63, 3.8) is 0 Å². The van der Waals surface area contributed by atoms with Gasteiger partial charge in [-0.15, -0.1) is 0 Å². The van der Waals surface area contributed by atoms with Crippen molar-refractivity contribution in [1.82, 2.24) is 15.5 Å². The van der Waals surface area contributed by atoms with Gasteiger partial charge in [0.25, 0.3) is 0 Å². The maximum absolute atomic E-state index is 12.3. The molecule has 0 radical (unpaired) electrons. The number of piperidine rings is 1. The van der Waals surface area contributed by atoms with Crippen molar-refractivity contribution >= 4 is 17.6 Å². The van der Waals surface area contributed by atoms with E-state index >= 15 is 0 Å². The van der Waals surface area contributed by atoms with Crippen LogP contribution in [-0.4, -0.2) is 49.1 Å². The Labute approximate surface area is 131 Å². The first-order valence-electron chi connectivity index (χ1n) is 7.68. The second-order valence-corrected chi connectivity index (χ2v) is 5.57. The SMILES string of the molecule is CNC1CCN(C(=O)C(C)NC(=O)Nc2ccccc2)CC1. The molecule has 1 unspecified atom stereocenters. The molecule has 1 aromatic rings. The number of likely N-dealkylation sites (tertiary alicyclic amines) is 1. The third-order valence-corrected chi connectivity index (χ3v) is 3.96. The number of anilines is 1. The zero-order valence-electron chi connectivity index (χ0n) is 13.1. The van der Waals surface area contributed by atoms with Gasteiger partial charge in [-0.25, -0.2) is 4.79 Å². The molecule has 1 aliphatic rings. The second-order valence-electron chi connectivity index (χ2n) is 5.57. The zero-order valence-corrected chi connectivity index (χ0v) is 13.1. The fourth-order valence-corrected chi connectivity index (χ4v) is 2.61. The summed E-state index contributed by atoms with van der Waals surface area (Å²) >= 11 is 0. The Morgan fingerprint density at radius 2 is 1.82 bits per heavy atom. The molecule has 3 N–H and O–H groups in total. The summed E-state index contributed by atoms with van der Waals surface area (Å²) in [6.45, 7) is 3.18. The van der Waals surface area contributed by atoms with Crippen molar-refractivity contribution in [2.75, 3.05) is 25.5 Å². The summed E-state index contributed by atoms with van der Waals surface area (Å²) in [5.41, 5.74) is 0.703. The minimum Gasteiger partial charge on any atom is -0.341 e. The lowest BCUT2D eigenvalue weighted by Gasteiger charge is -2.33. The minimum atomic E-state index is -0.533. The van der Waals surface area contributed by atoms with E-state index in [0.29, 0.717) is 11.7 Å². The molecule has 120 valence electrons. The third kappa shape index (κ3) is 4.46. The summed E-state index contributed by atoms with van der Waals surface area (Å²) in [4.78, 5) is 26.1. The van der Waals surface area contributed by atoms with Crippen LogP contribution >= 0.6 is 0 Å². The van der Waals surface area contributed by atoms with Crippen LogP contribution < -0.4 is 16.0 Å². The number of hydrogen-bond acceptors (Lipinski definition) is 3. The van der Waals surface area contributed by atoms with Crippen LogP contribution in [0.4, 0.5) is 10.5 Å². The van der Waals surface area contributed by atoms with Gasteiger partial charge in [-0.2, -0.15) is 0 Å². The van der Waals surface area contributed by atoms with Gasteiger partial charge in [0.05, 0.1) is 0 Å². The highest BCUT2D eigenvalue weighted by Crippen LogP contribution is 2.11. The molecule has 1 aliphatic heterocycles. The number of nitrogens with one attached hydrogen (secondary N) is 3. The van der Waals surface area contributed by atoms with Crippen LogP contribution in [0.5, 0.6) is 0 Å². The van der Waals surface area contributed by atoms with Crippen molar-refractivity contribution in [2.24, 2.45) is 0 Å². The molecule has 22 heavy (non-hydrogen) atoms. The normalized spacial score (nSPS) is 16.9. The Morgan fingerprint density at radius 1 is 1.18 bits per heavy atom. The van der Waals surface area contributed by atoms with E-state index in [1.165, 1.54) is 0 Å². The van der Waals surface area contributed by atoms with Crippen molar-refractivity contribution in [3.05, 3.63) is 30.3 Å². The first kappa shape index (κ1) is 16.3. The maximum Gasteiger partial charge on any atom is 0.319 e. The molecule has 6 heteroatoms. The van der Waals surface area contributed by atoms with Gasteiger partial charge in [0.1, 0.15) is 6.04 Å². The topological polar surface area (TPSA) is 73.5 Å². The molecular formula is C16H24N4O2. The van der Waals surface area contributed by atoms with Gasteiger partial charge in [-0.3, -0.25) is 4.79 Å². The number of carbonyl (C=O) groups is 2. The van der Waals surface area contributed by atoms with E-state index in [-0.39, 0.29) is 11.9 Å². The van der Waals surface area contributed by atoms with E-state index in [1.54, 1.807) is 19.1 Å². The molecule has 1 atom stereocenters. The number of para-hydroxylation sites is 1. The molecule has 0 bridgehead atoms.